The molecule has 0 atom stereocenters. The Kier molecular flexibility index (Phi) is 2.29. The van der Waals surface area contributed by atoms with Gasteiger partial charge < -0.3 is 14.6 Å². The lowest BCUT2D eigenvalue weighted by Gasteiger charge is -2.38. The van der Waals surface area contributed by atoms with E-state index in [2.05, 4.69) is 6.58 Å². The van der Waals surface area contributed by atoms with E-state index < -0.39 is 0 Å². The molecular formula is C7H12O3. The van der Waals surface area contributed by atoms with Crippen molar-refractivity contribution in [1.82, 2.24) is 0 Å². The second-order valence-corrected chi connectivity index (χ2v) is 2.63. The van der Waals surface area contributed by atoms with Crippen LogP contribution in [0.3, 0.4) is 0 Å². The van der Waals surface area contributed by atoms with Crippen LogP contribution in [0.4, 0.5) is 0 Å². The molecule has 1 rings (SSSR count). The van der Waals surface area contributed by atoms with E-state index in [1.54, 1.807) is 0 Å². The molecule has 0 unspecified atom stereocenters. The molecule has 0 spiro atoms. The SMILES string of the molecule is C=COCC1(CO)COC1. The van der Waals surface area contributed by atoms with Crippen LogP contribution in [-0.4, -0.2) is 31.5 Å². The first-order valence-corrected chi connectivity index (χ1v) is 3.24. The predicted molar refractivity (Wildman–Crippen MR) is 36.5 cm³/mol. The Labute approximate surface area is 60.3 Å². The average molecular weight is 144 g/mol. The Morgan fingerprint density at radius 1 is 1.70 bits per heavy atom. The first-order chi connectivity index (χ1) is 4.83. The molecule has 0 radical (unpaired) electrons. The minimum absolute atomic E-state index is 0.126. The summed E-state index contributed by atoms with van der Waals surface area (Å²) in [7, 11) is 0. The highest BCUT2D eigenvalue weighted by molar-refractivity contribution is 4.85. The van der Waals surface area contributed by atoms with Gasteiger partial charge in [-0.25, -0.2) is 0 Å². The van der Waals surface area contributed by atoms with Crippen molar-refractivity contribution in [1.29, 1.82) is 0 Å². The standard InChI is InChI=1S/C7H12O3/c1-2-9-4-7(3-8)5-10-6-7/h2,8H,1,3-6H2. The summed E-state index contributed by atoms with van der Waals surface area (Å²) in [6.07, 6.45) is 1.38. The van der Waals surface area contributed by atoms with E-state index in [0.29, 0.717) is 19.8 Å². The predicted octanol–water partition coefficient (Wildman–Crippen LogP) is 0.155. The molecule has 0 aromatic rings. The Hall–Kier alpha value is -0.540. The van der Waals surface area contributed by atoms with Gasteiger partial charge in [0.25, 0.3) is 0 Å². The number of aliphatic hydroxyl groups excluding tert-OH is 1. The van der Waals surface area contributed by atoms with Crippen LogP contribution in [0, 0.1) is 5.41 Å². The molecule has 0 amide bonds. The third-order valence-corrected chi connectivity index (χ3v) is 1.66. The van der Waals surface area contributed by atoms with Crippen LogP contribution >= 0.6 is 0 Å². The van der Waals surface area contributed by atoms with Gasteiger partial charge >= 0.3 is 0 Å². The third kappa shape index (κ3) is 1.30. The lowest BCUT2D eigenvalue weighted by Crippen LogP contribution is -2.48. The van der Waals surface area contributed by atoms with E-state index in [9.17, 15) is 0 Å². The second-order valence-electron chi connectivity index (χ2n) is 2.63. The summed E-state index contributed by atoms with van der Waals surface area (Å²) in [6.45, 7) is 5.23. The van der Waals surface area contributed by atoms with Gasteiger partial charge in [0.2, 0.25) is 0 Å². The summed E-state index contributed by atoms with van der Waals surface area (Å²) < 4.78 is 9.91. The highest BCUT2D eigenvalue weighted by Crippen LogP contribution is 2.26. The fourth-order valence-corrected chi connectivity index (χ4v) is 0.847. The van der Waals surface area contributed by atoms with Gasteiger partial charge in [-0.1, -0.05) is 6.58 Å². The zero-order valence-corrected chi connectivity index (χ0v) is 5.88. The quantitative estimate of drug-likeness (QED) is 0.571. The van der Waals surface area contributed by atoms with E-state index in [1.165, 1.54) is 6.26 Å². The van der Waals surface area contributed by atoms with E-state index >= 15 is 0 Å². The van der Waals surface area contributed by atoms with Gasteiger partial charge in [-0.2, -0.15) is 0 Å². The normalized spacial score (nSPS) is 21.3. The molecule has 3 heteroatoms. The molecule has 1 N–H and O–H groups in total. The van der Waals surface area contributed by atoms with Crippen LogP contribution in [0.25, 0.3) is 0 Å². The number of hydrogen-bond acceptors (Lipinski definition) is 3. The van der Waals surface area contributed by atoms with E-state index in [1.807, 2.05) is 0 Å². The Bertz CT molecular complexity index is 113. The van der Waals surface area contributed by atoms with E-state index in [-0.39, 0.29) is 12.0 Å². The molecule has 1 aliphatic rings. The topological polar surface area (TPSA) is 38.7 Å². The molecule has 58 valence electrons. The molecule has 0 aliphatic carbocycles. The lowest BCUT2D eigenvalue weighted by molar-refractivity contribution is -0.159. The van der Waals surface area contributed by atoms with Gasteiger partial charge in [0.15, 0.2) is 0 Å². The van der Waals surface area contributed by atoms with Gasteiger partial charge in [0.05, 0.1) is 38.1 Å². The third-order valence-electron chi connectivity index (χ3n) is 1.66. The maximum absolute atomic E-state index is 8.87. The number of rotatable bonds is 4. The average Bonchev–Trinajstić information content (AvgIpc) is 1.87. The van der Waals surface area contributed by atoms with Crippen molar-refractivity contribution in [3.8, 4) is 0 Å². The van der Waals surface area contributed by atoms with Crippen LogP contribution in [-0.2, 0) is 9.47 Å². The van der Waals surface area contributed by atoms with E-state index in [4.69, 9.17) is 14.6 Å². The van der Waals surface area contributed by atoms with Crippen LogP contribution in [0.5, 0.6) is 0 Å². The van der Waals surface area contributed by atoms with Crippen molar-refractivity contribution in [3.05, 3.63) is 12.8 Å². The fraction of sp³-hybridized carbons (Fsp3) is 0.714. The Balaban J connectivity index is 2.26. The highest BCUT2D eigenvalue weighted by atomic mass is 16.5. The van der Waals surface area contributed by atoms with Gasteiger partial charge in [-0.05, 0) is 0 Å². The molecular weight excluding hydrogens is 132 g/mol. The Morgan fingerprint density at radius 2 is 2.40 bits per heavy atom. The molecule has 1 saturated heterocycles. The van der Waals surface area contributed by atoms with Gasteiger partial charge in [0.1, 0.15) is 0 Å². The van der Waals surface area contributed by atoms with Crippen molar-refractivity contribution in [2.45, 2.75) is 0 Å². The maximum atomic E-state index is 8.87. The van der Waals surface area contributed by atoms with Crippen LogP contribution in [0.1, 0.15) is 0 Å². The summed E-state index contributed by atoms with van der Waals surface area (Å²) in [6, 6.07) is 0. The minimum atomic E-state index is -0.145. The number of aliphatic hydroxyl groups is 1. The number of hydrogen-bond donors (Lipinski definition) is 1. The van der Waals surface area contributed by atoms with Crippen LogP contribution in [0.15, 0.2) is 12.8 Å². The molecule has 1 aliphatic heterocycles. The van der Waals surface area contributed by atoms with Crippen molar-refractivity contribution in [2.75, 3.05) is 26.4 Å². The first-order valence-electron chi connectivity index (χ1n) is 3.24. The summed E-state index contributed by atoms with van der Waals surface area (Å²) in [5.74, 6) is 0. The van der Waals surface area contributed by atoms with Gasteiger partial charge in [0, 0.05) is 0 Å². The summed E-state index contributed by atoms with van der Waals surface area (Å²) in [5.41, 5.74) is -0.145. The molecule has 0 saturated carbocycles. The van der Waals surface area contributed by atoms with Crippen LogP contribution in [0.2, 0.25) is 0 Å². The van der Waals surface area contributed by atoms with Crippen molar-refractivity contribution in [3.63, 3.8) is 0 Å². The Morgan fingerprint density at radius 3 is 2.70 bits per heavy atom. The fourth-order valence-electron chi connectivity index (χ4n) is 0.847. The smallest absolute Gasteiger partial charge is 0.0995 e. The summed E-state index contributed by atoms with van der Waals surface area (Å²) >= 11 is 0. The second kappa shape index (κ2) is 3.03. The lowest BCUT2D eigenvalue weighted by atomic mass is 9.88. The molecule has 0 aromatic heterocycles. The van der Waals surface area contributed by atoms with Crippen molar-refractivity contribution >= 4 is 0 Å². The van der Waals surface area contributed by atoms with Gasteiger partial charge in [-0.3, -0.25) is 0 Å². The summed E-state index contributed by atoms with van der Waals surface area (Å²) in [4.78, 5) is 0. The summed E-state index contributed by atoms with van der Waals surface area (Å²) in [5, 5.41) is 8.87. The molecule has 1 fully saturated rings. The van der Waals surface area contributed by atoms with E-state index in [0.717, 1.165) is 0 Å². The largest absolute Gasteiger partial charge is 0.501 e. The molecule has 3 nitrogen and oxygen atoms in total. The zero-order chi connectivity index (χ0) is 7.45. The molecule has 1 heterocycles. The highest BCUT2D eigenvalue weighted by Gasteiger charge is 2.38. The molecule has 0 aromatic carbocycles. The van der Waals surface area contributed by atoms with Crippen molar-refractivity contribution < 1.29 is 14.6 Å². The van der Waals surface area contributed by atoms with Crippen LogP contribution < -0.4 is 0 Å². The van der Waals surface area contributed by atoms with Gasteiger partial charge in [-0.15, -0.1) is 0 Å². The van der Waals surface area contributed by atoms with Crippen molar-refractivity contribution in [2.24, 2.45) is 5.41 Å². The maximum Gasteiger partial charge on any atom is 0.0995 e. The minimum Gasteiger partial charge on any atom is -0.501 e. The zero-order valence-electron chi connectivity index (χ0n) is 5.88. The molecule has 10 heavy (non-hydrogen) atoms. The monoisotopic (exact) mass is 144 g/mol. The molecule has 0 bridgehead atoms. The first kappa shape index (κ1) is 7.57. The number of ether oxygens (including phenoxy) is 2.